The van der Waals surface area contributed by atoms with E-state index < -0.39 is 10.8 Å². The fourth-order valence-electron chi connectivity index (χ4n) is 2.71. The minimum atomic E-state index is -0.627. The first kappa shape index (κ1) is 22.7. The molecule has 1 heterocycles. The van der Waals surface area contributed by atoms with Gasteiger partial charge in [-0.05, 0) is 72.2 Å². The number of carbonyl (C=O) groups excluding carboxylic acids is 2. The molecule has 0 aliphatic rings. The number of nitrogens with zero attached hydrogens (tertiary/aromatic N) is 1. The maximum atomic E-state index is 12.6. The second-order valence-corrected chi connectivity index (χ2v) is 9.66. The summed E-state index contributed by atoms with van der Waals surface area (Å²) in [7, 11) is 0. The smallest absolute Gasteiger partial charge is 0.316 e. The zero-order valence-corrected chi connectivity index (χ0v) is 18.8. The van der Waals surface area contributed by atoms with Crippen LogP contribution in [0.3, 0.4) is 0 Å². The largest absolute Gasteiger partial charge is 0.465 e. The third kappa shape index (κ3) is 5.72. The van der Waals surface area contributed by atoms with E-state index >= 15 is 0 Å². The fourth-order valence-corrected chi connectivity index (χ4v) is 2.71. The number of hydrogen-bond donors (Lipinski definition) is 0. The second-order valence-electron chi connectivity index (χ2n) is 9.66. The van der Waals surface area contributed by atoms with E-state index in [-0.39, 0.29) is 24.5 Å². The van der Waals surface area contributed by atoms with Gasteiger partial charge in [0, 0.05) is 29.9 Å². The standard InChI is InChI=1S/C24H33NO4/c1-16-13-18(17(2)15-28-21(26)23(3,4)5)20(29-22(27)24(6,7)8)14-19(16)25-11-9-10-12-25/h9-14,17H,15H2,1-8H3. The van der Waals surface area contributed by atoms with Gasteiger partial charge in [0.15, 0.2) is 0 Å². The van der Waals surface area contributed by atoms with Crippen molar-refractivity contribution < 1.29 is 19.1 Å². The summed E-state index contributed by atoms with van der Waals surface area (Å²) in [6.07, 6.45) is 3.90. The highest BCUT2D eigenvalue weighted by Crippen LogP contribution is 2.34. The Bertz CT molecular complexity index is 868. The predicted octanol–water partition coefficient (Wildman–Crippen LogP) is 5.43. The number of benzene rings is 1. The number of carbonyl (C=O) groups is 2. The van der Waals surface area contributed by atoms with Gasteiger partial charge >= 0.3 is 11.9 Å². The zero-order chi connectivity index (χ0) is 22.0. The van der Waals surface area contributed by atoms with E-state index in [4.69, 9.17) is 9.47 Å². The van der Waals surface area contributed by atoms with Crippen LogP contribution in [0, 0.1) is 17.8 Å². The van der Waals surface area contributed by atoms with Crippen LogP contribution >= 0.6 is 0 Å². The Morgan fingerprint density at radius 2 is 1.52 bits per heavy atom. The molecule has 1 aromatic carbocycles. The summed E-state index contributed by atoms with van der Waals surface area (Å²) in [5, 5.41) is 0. The number of hydrogen-bond acceptors (Lipinski definition) is 4. The SMILES string of the molecule is Cc1cc(C(C)COC(=O)C(C)(C)C)c(OC(=O)C(C)(C)C)cc1-n1cccc1. The van der Waals surface area contributed by atoms with Gasteiger partial charge in [-0.15, -0.1) is 0 Å². The third-order valence-corrected chi connectivity index (χ3v) is 4.63. The lowest BCUT2D eigenvalue weighted by molar-refractivity contribution is -0.153. The van der Waals surface area contributed by atoms with Gasteiger partial charge in [-0.2, -0.15) is 0 Å². The van der Waals surface area contributed by atoms with Crippen LogP contribution in [0.2, 0.25) is 0 Å². The van der Waals surface area contributed by atoms with Crippen LogP contribution in [0.15, 0.2) is 36.7 Å². The molecule has 0 saturated carbocycles. The lowest BCUT2D eigenvalue weighted by atomic mass is 9.95. The van der Waals surface area contributed by atoms with Gasteiger partial charge < -0.3 is 14.0 Å². The summed E-state index contributed by atoms with van der Waals surface area (Å²) in [5.41, 5.74) is 1.64. The molecule has 0 saturated heterocycles. The first-order chi connectivity index (χ1) is 13.3. The van der Waals surface area contributed by atoms with Crippen molar-refractivity contribution in [2.24, 2.45) is 10.8 Å². The molecule has 5 nitrogen and oxygen atoms in total. The Morgan fingerprint density at radius 3 is 2.03 bits per heavy atom. The molecule has 0 spiro atoms. The molecule has 1 atom stereocenters. The molecule has 0 N–H and O–H groups in total. The number of aryl methyl sites for hydroxylation is 1. The van der Waals surface area contributed by atoms with Gasteiger partial charge in [0.25, 0.3) is 0 Å². The van der Waals surface area contributed by atoms with E-state index in [1.54, 1.807) is 0 Å². The van der Waals surface area contributed by atoms with Gasteiger partial charge in [0.1, 0.15) is 5.75 Å². The minimum Gasteiger partial charge on any atom is -0.465 e. The Balaban J connectivity index is 2.40. The van der Waals surface area contributed by atoms with E-state index in [0.29, 0.717) is 5.75 Å². The molecule has 0 amide bonds. The highest BCUT2D eigenvalue weighted by Gasteiger charge is 2.28. The van der Waals surface area contributed by atoms with Crippen molar-refractivity contribution >= 4 is 11.9 Å². The molecule has 158 valence electrons. The summed E-state index contributed by atoms with van der Waals surface area (Å²) >= 11 is 0. The van der Waals surface area contributed by atoms with Crippen LogP contribution in [-0.2, 0) is 14.3 Å². The number of esters is 2. The molecular weight excluding hydrogens is 366 g/mol. The topological polar surface area (TPSA) is 57.5 Å². The Morgan fingerprint density at radius 1 is 0.966 bits per heavy atom. The molecule has 29 heavy (non-hydrogen) atoms. The van der Waals surface area contributed by atoms with Crippen molar-refractivity contribution in [3.05, 3.63) is 47.8 Å². The van der Waals surface area contributed by atoms with Crippen molar-refractivity contribution in [3.63, 3.8) is 0 Å². The summed E-state index contributed by atoms with van der Waals surface area (Å²) in [6.45, 7) is 15.2. The molecule has 2 aromatic rings. The summed E-state index contributed by atoms with van der Waals surface area (Å²) < 4.78 is 13.3. The van der Waals surface area contributed by atoms with Crippen LogP contribution < -0.4 is 4.74 Å². The van der Waals surface area contributed by atoms with Crippen molar-refractivity contribution in [2.75, 3.05) is 6.61 Å². The van der Waals surface area contributed by atoms with Crippen molar-refractivity contribution in [1.82, 2.24) is 4.57 Å². The first-order valence-electron chi connectivity index (χ1n) is 9.98. The van der Waals surface area contributed by atoms with Crippen molar-refractivity contribution in [3.8, 4) is 11.4 Å². The van der Waals surface area contributed by atoms with Gasteiger partial charge in [0.2, 0.25) is 0 Å². The van der Waals surface area contributed by atoms with E-state index in [2.05, 4.69) is 0 Å². The molecule has 1 unspecified atom stereocenters. The van der Waals surface area contributed by atoms with Crippen LogP contribution in [0.1, 0.15) is 65.5 Å². The van der Waals surface area contributed by atoms with Crippen LogP contribution in [0.5, 0.6) is 5.75 Å². The lowest BCUT2D eigenvalue weighted by Crippen LogP contribution is -2.27. The van der Waals surface area contributed by atoms with E-state index in [1.165, 1.54) is 0 Å². The van der Waals surface area contributed by atoms with Crippen molar-refractivity contribution in [1.29, 1.82) is 0 Å². The number of rotatable bonds is 5. The monoisotopic (exact) mass is 399 g/mol. The normalized spacial score (nSPS) is 13.1. The average molecular weight is 400 g/mol. The number of ether oxygens (including phenoxy) is 2. The van der Waals surface area contributed by atoms with Crippen LogP contribution in [0.25, 0.3) is 5.69 Å². The molecular formula is C24H33NO4. The maximum Gasteiger partial charge on any atom is 0.316 e. The highest BCUT2D eigenvalue weighted by molar-refractivity contribution is 5.78. The van der Waals surface area contributed by atoms with Crippen molar-refractivity contribution in [2.45, 2.75) is 61.3 Å². The van der Waals surface area contributed by atoms with Gasteiger partial charge in [0.05, 0.1) is 23.1 Å². The first-order valence-corrected chi connectivity index (χ1v) is 9.98. The molecule has 5 heteroatoms. The van der Waals surface area contributed by atoms with E-state index in [1.807, 2.05) is 96.6 Å². The minimum absolute atomic E-state index is 0.124. The quantitative estimate of drug-likeness (QED) is 0.497. The summed E-state index contributed by atoms with van der Waals surface area (Å²) in [4.78, 5) is 24.7. The third-order valence-electron chi connectivity index (χ3n) is 4.63. The second kappa shape index (κ2) is 8.44. The zero-order valence-electron chi connectivity index (χ0n) is 18.8. The van der Waals surface area contributed by atoms with Gasteiger partial charge in [-0.25, -0.2) is 0 Å². The van der Waals surface area contributed by atoms with Gasteiger partial charge in [-0.3, -0.25) is 9.59 Å². The summed E-state index contributed by atoms with van der Waals surface area (Å²) in [6, 6.07) is 7.79. The Hall–Kier alpha value is -2.56. The molecule has 0 bridgehead atoms. The molecule has 0 aliphatic carbocycles. The van der Waals surface area contributed by atoms with Crippen LogP contribution in [-0.4, -0.2) is 23.1 Å². The van der Waals surface area contributed by atoms with Crippen LogP contribution in [0.4, 0.5) is 0 Å². The van der Waals surface area contributed by atoms with E-state index in [0.717, 1.165) is 16.8 Å². The molecule has 0 fully saturated rings. The molecule has 2 rings (SSSR count). The van der Waals surface area contributed by atoms with Gasteiger partial charge in [-0.1, -0.05) is 6.92 Å². The Kier molecular flexibility index (Phi) is 6.61. The number of aromatic nitrogens is 1. The molecule has 1 aromatic heterocycles. The maximum absolute atomic E-state index is 12.6. The highest BCUT2D eigenvalue weighted by atomic mass is 16.5. The molecule has 0 radical (unpaired) electrons. The fraction of sp³-hybridized carbons (Fsp3) is 0.500. The molecule has 0 aliphatic heterocycles. The van der Waals surface area contributed by atoms with E-state index in [9.17, 15) is 9.59 Å². The summed E-state index contributed by atoms with van der Waals surface area (Å²) in [5.74, 6) is -0.182. The predicted molar refractivity (Wildman–Crippen MR) is 114 cm³/mol. The average Bonchev–Trinajstić information content (AvgIpc) is 3.13. The Labute approximate surface area is 174 Å². The lowest BCUT2D eigenvalue weighted by Gasteiger charge is -2.23.